The maximum Gasteiger partial charge on any atom is 0.335 e. The standard InChI is InChI=1S/C28H27F2N5O4/c1-15(2)24-23(11-12-32-25(24)31)39-22-10-7-18(13-21(22)30)33-26(36)20-14-34(16(3)4)28(38)35(27(20)37)19-8-5-17(29)6-9-19/h5-16H,1-4H3,(H2,31,32)(H,33,36). The minimum absolute atomic E-state index is 0.0246. The summed E-state index contributed by atoms with van der Waals surface area (Å²) in [6.45, 7) is 7.22. The Hall–Kier alpha value is -4.80. The van der Waals surface area contributed by atoms with Crippen LogP contribution < -0.4 is 27.0 Å². The Morgan fingerprint density at radius 1 is 1.00 bits per heavy atom. The highest BCUT2D eigenvalue weighted by Crippen LogP contribution is 2.35. The number of pyridine rings is 1. The number of nitrogens with zero attached hydrogens (tertiary/aromatic N) is 3. The predicted octanol–water partition coefficient (Wildman–Crippen LogP) is 5.00. The number of amides is 1. The second-order valence-electron chi connectivity index (χ2n) is 9.41. The van der Waals surface area contributed by atoms with Crippen molar-refractivity contribution in [3.05, 3.63) is 105 Å². The van der Waals surface area contributed by atoms with Gasteiger partial charge in [-0.25, -0.2) is 23.1 Å². The number of hydrogen-bond donors (Lipinski definition) is 2. The first-order valence-electron chi connectivity index (χ1n) is 12.1. The molecule has 0 saturated heterocycles. The zero-order valence-corrected chi connectivity index (χ0v) is 21.7. The highest BCUT2D eigenvalue weighted by molar-refractivity contribution is 6.03. The Labute approximate surface area is 222 Å². The second-order valence-corrected chi connectivity index (χ2v) is 9.41. The van der Waals surface area contributed by atoms with Crippen molar-refractivity contribution >= 4 is 17.4 Å². The Kier molecular flexibility index (Phi) is 7.61. The number of rotatable bonds is 7. The van der Waals surface area contributed by atoms with Gasteiger partial charge in [-0.3, -0.25) is 14.2 Å². The molecule has 39 heavy (non-hydrogen) atoms. The summed E-state index contributed by atoms with van der Waals surface area (Å²) in [4.78, 5) is 43.4. The number of nitrogen functional groups attached to an aromatic ring is 1. The normalized spacial score (nSPS) is 11.2. The van der Waals surface area contributed by atoms with Crippen LogP contribution in [0.5, 0.6) is 11.5 Å². The fourth-order valence-electron chi connectivity index (χ4n) is 4.03. The molecule has 1 amide bonds. The third-order valence-electron chi connectivity index (χ3n) is 5.97. The van der Waals surface area contributed by atoms with Crippen molar-refractivity contribution in [2.45, 2.75) is 39.7 Å². The third-order valence-corrected chi connectivity index (χ3v) is 5.97. The molecule has 0 atom stereocenters. The van der Waals surface area contributed by atoms with E-state index in [1.807, 2.05) is 13.8 Å². The van der Waals surface area contributed by atoms with E-state index in [9.17, 15) is 23.2 Å². The summed E-state index contributed by atoms with van der Waals surface area (Å²) in [5.41, 5.74) is 4.78. The summed E-state index contributed by atoms with van der Waals surface area (Å²) in [5.74, 6) is -1.68. The topological polar surface area (TPSA) is 121 Å². The van der Waals surface area contributed by atoms with Crippen LogP contribution >= 0.6 is 0 Å². The number of halogens is 2. The Morgan fingerprint density at radius 3 is 2.31 bits per heavy atom. The van der Waals surface area contributed by atoms with Gasteiger partial charge in [-0.1, -0.05) is 13.8 Å². The molecule has 2 heterocycles. The number of ether oxygens (including phenoxy) is 1. The lowest BCUT2D eigenvalue weighted by molar-refractivity contribution is 0.102. The van der Waals surface area contributed by atoms with E-state index in [-0.39, 0.29) is 34.4 Å². The van der Waals surface area contributed by atoms with Crippen LogP contribution in [0, 0.1) is 11.6 Å². The van der Waals surface area contributed by atoms with E-state index in [0.29, 0.717) is 11.3 Å². The molecule has 2 aromatic carbocycles. The van der Waals surface area contributed by atoms with Crippen molar-refractivity contribution < 1.29 is 18.3 Å². The van der Waals surface area contributed by atoms with Gasteiger partial charge in [-0.05, 0) is 62.2 Å². The van der Waals surface area contributed by atoms with Gasteiger partial charge < -0.3 is 15.8 Å². The van der Waals surface area contributed by atoms with Gasteiger partial charge in [0.1, 0.15) is 22.9 Å². The lowest BCUT2D eigenvalue weighted by atomic mass is 10.0. The zero-order valence-electron chi connectivity index (χ0n) is 21.7. The molecule has 3 N–H and O–H groups in total. The molecule has 0 aliphatic carbocycles. The first-order chi connectivity index (χ1) is 18.5. The molecule has 2 aromatic heterocycles. The van der Waals surface area contributed by atoms with Crippen LogP contribution in [0.25, 0.3) is 5.69 Å². The van der Waals surface area contributed by atoms with Gasteiger partial charge in [-0.2, -0.15) is 0 Å². The predicted molar refractivity (Wildman–Crippen MR) is 144 cm³/mol. The van der Waals surface area contributed by atoms with Gasteiger partial charge in [0.05, 0.1) is 5.69 Å². The summed E-state index contributed by atoms with van der Waals surface area (Å²) in [7, 11) is 0. The van der Waals surface area contributed by atoms with Gasteiger partial charge in [0.15, 0.2) is 11.6 Å². The van der Waals surface area contributed by atoms with E-state index in [0.717, 1.165) is 29.0 Å². The lowest BCUT2D eigenvalue weighted by Crippen LogP contribution is -2.42. The van der Waals surface area contributed by atoms with Crippen LogP contribution in [-0.2, 0) is 0 Å². The van der Waals surface area contributed by atoms with Crippen molar-refractivity contribution in [3.63, 3.8) is 0 Å². The third kappa shape index (κ3) is 5.57. The highest BCUT2D eigenvalue weighted by Gasteiger charge is 2.21. The number of aromatic nitrogens is 3. The van der Waals surface area contributed by atoms with E-state index >= 15 is 0 Å². The quantitative estimate of drug-likeness (QED) is 0.343. The number of anilines is 2. The molecule has 0 unspecified atom stereocenters. The van der Waals surface area contributed by atoms with Crippen LogP contribution in [0.15, 0.2) is 70.5 Å². The van der Waals surface area contributed by atoms with Crippen molar-refractivity contribution in [1.29, 1.82) is 0 Å². The first kappa shape index (κ1) is 27.2. The van der Waals surface area contributed by atoms with E-state index in [1.54, 1.807) is 19.9 Å². The minimum Gasteiger partial charge on any atom is -0.454 e. The summed E-state index contributed by atoms with van der Waals surface area (Å²) in [5, 5.41) is 2.49. The maximum absolute atomic E-state index is 15.0. The monoisotopic (exact) mass is 535 g/mol. The molecular formula is C28H27F2N5O4. The number of carbonyl (C=O) groups is 1. The second kappa shape index (κ2) is 10.9. The Morgan fingerprint density at radius 2 is 1.69 bits per heavy atom. The summed E-state index contributed by atoms with van der Waals surface area (Å²) < 4.78 is 36.2. The van der Waals surface area contributed by atoms with Gasteiger partial charge in [-0.15, -0.1) is 0 Å². The summed E-state index contributed by atoms with van der Waals surface area (Å²) in [6.07, 6.45) is 2.61. The molecule has 9 nitrogen and oxygen atoms in total. The Bertz CT molecular complexity index is 1660. The van der Waals surface area contributed by atoms with Crippen molar-refractivity contribution in [3.8, 4) is 17.2 Å². The smallest absolute Gasteiger partial charge is 0.335 e. The number of nitrogens with two attached hydrogens (primary N) is 1. The van der Waals surface area contributed by atoms with E-state index < -0.39 is 34.8 Å². The van der Waals surface area contributed by atoms with E-state index in [1.165, 1.54) is 35.0 Å². The van der Waals surface area contributed by atoms with Crippen LogP contribution in [-0.4, -0.2) is 20.0 Å². The molecule has 0 aliphatic rings. The molecule has 4 rings (SSSR count). The largest absolute Gasteiger partial charge is 0.454 e. The fourth-order valence-corrected chi connectivity index (χ4v) is 4.03. The molecule has 4 aromatic rings. The number of benzene rings is 2. The van der Waals surface area contributed by atoms with Crippen molar-refractivity contribution in [2.24, 2.45) is 0 Å². The average molecular weight is 536 g/mol. The maximum atomic E-state index is 15.0. The molecule has 0 spiro atoms. The molecule has 11 heteroatoms. The first-order valence-corrected chi connectivity index (χ1v) is 12.1. The van der Waals surface area contributed by atoms with Gasteiger partial charge in [0.25, 0.3) is 11.5 Å². The molecule has 0 fully saturated rings. The molecule has 0 aliphatic heterocycles. The van der Waals surface area contributed by atoms with Crippen LogP contribution in [0.3, 0.4) is 0 Å². The molecule has 0 bridgehead atoms. The average Bonchev–Trinajstić information content (AvgIpc) is 2.86. The van der Waals surface area contributed by atoms with Gasteiger partial charge >= 0.3 is 5.69 Å². The number of hydrogen-bond acceptors (Lipinski definition) is 6. The van der Waals surface area contributed by atoms with Crippen molar-refractivity contribution in [1.82, 2.24) is 14.1 Å². The fraction of sp³-hybridized carbons (Fsp3) is 0.214. The van der Waals surface area contributed by atoms with Crippen LogP contribution in [0.2, 0.25) is 0 Å². The minimum atomic E-state index is -0.905. The molecule has 0 saturated carbocycles. The lowest BCUT2D eigenvalue weighted by Gasteiger charge is -2.16. The number of carbonyl (C=O) groups excluding carboxylic acids is 1. The zero-order chi connectivity index (χ0) is 28.4. The highest BCUT2D eigenvalue weighted by atomic mass is 19.1. The molecular weight excluding hydrogens is 508 g/mol. The number of nitrogens with one attached hydrogen (secondary N) is 1. The SMILES string of the molecule is CC(C)c1c(Oc2ccc(NC(=O)c3cn(C(C)C)c(=O)n(-c4ccc(F)cc4)c3=O)cc2F)ccnc1N. The molecule has 202 valence electrons. The summed E-state index contributed by atoms with van der Waals surface area (Å²) >= 11 is 0. The van der Waals surface area contributed by atoms with Gasteiger partial charge in [0, 0.05) is 35.8 Å². The van der Waals surface area contributed by atoms with Crippen LogP contribution in [0.4, 0.5) is 20.3 Å². The molecule has 0 radical (unpaired) electrons. The summed E-state index contributed by atoms with van der Waals surface area (Å²) in [6, 6.07) is 9.70. The van der Waals surface area contributed by atoms with Crippen molar-refractivity contribution in [2.75, 3.05) is 11.1 Å². The van der Waals surface area contributed by atoms with E-state index in [4.69, 9.17) is 10.5 Å². The van der Waals surface area contributed by atoms with E-state index in [2.05, 4.69) is 10.3 Å². The Balaban J connectivity index is 1.67. The van der Waals surface area contributed by atoms with Gasteiger partial charge in [0.2, 0.25) is 0 Å². The van der Waals surface area contributed by atoms with Crippen LogP contribution in [0.1, 0.15) is 55.6 Å².